The molecule has 90 valence electrons. The van der Waals surface area contributed by atoms with Crippen LogP contribution in [0.15, 0.2) is 30.6 Å². The van der Waals surface area contributed by atoms with Crippen LogP contribution in [-0.4, -0.2) is 15.2 Å². The Hall–Kier alpha value is -1.72. The Morgan fingerprint density at radius 1 is 1.29 bits per heavy atom. The van der Waals surface area contributed by atoms with Gasteiger partial charge in [-0.3, -0.25) is 10.9 Å². The van der Waals surface area contributed by atoms with E-state index in [0.717, 1.165) is 18.7 Å². The Labute approximate surface area is 100 Å². The lowest BCUT2D eigenvalue weighted by atomic mass is 10.0. The summed E-state index contributed by atoms with van der Waals surface area (Å²) in [5, 5.41) is 6.66. The minimum atomic E-state index is -0.0371. The van der Waals surface area contributed by atoms with Crippen LogP contribution in [0.25, 0.3) is 0 Å². The summed E-state index contributed by atoms with van der Waals surface area (Å²) in [6.45, 7) is 2.15. The van der Waals surface area contributed by atoms with Crippen molar-refractivity contribution < 1.29 is 0 Å². The Balaban J connectivity index is 2.07. The van der Waals surface area contributed by atoms with Crippen molar-refractivity contribution in [2.24, 2.45) is 5.84 Å². The quantitative estimate of drug-likeness (QED) is 0.532. The van der Waals surface area contributed by atoms with Crippen molar-refractivity contribution in [3.05, 3.63) is 47.5 Å². The first-order chi connectivity index (χ1) is 8.33. The van der Waals surface area contributed by atoms with Crippen molar-refractivity contribution in [3.63, 3.8) is 0 Å². The van der Waals surface area contributed by atoms with Gasteiger partial charge in [0.25, 0.3) is 0 Å². The predicted molar refractivity (Wildman–Crippen MR) is 66.0 cm³/mol. The van der Waals surface area contributed by atoms with E-state index < -0.39 is 0 Å². The van der Waals surface area contributed by atoms with Gasteiger partial charge in [-0.05, 0) is 24.0 Å². The van der Waals surface area contributed by atoms with E-state index in [1.165, 1.54) is 17.5 Å². The van der Waals surface area contributed by atoms with E-state index in [9.17, 15) is 0 Å². The van der Waals surface area contributed by atoms with E-state index >= 15 is 0 Å². The molecule has 0 aliphatic heterocycles. The summed E-state index contributed by atoms with van der Waals surface area (Å²) in [6, 6.07) is 8.50. The third-order valence-electron chi connectivity index (χ3n) is 2.84. The van der Waals surface area contributed by atoms with Crippen molar-refractivity contribution in [2.45, 2.75) is 25.8 Å². The lowest BCUT2D eigenvalue weighted by Crippen LogP contribution is -2.30. The van der Waals surface area contributed by atoms with E-state index in [1.807, 2.05) is 0 Å². The highest BCUT2D eigenvalue weighted by atomic mass is 15.3. The van der Waals surface area contributed by atoms with Gasteiger partial charge in [0.15, 0.2) is 0 Å². The standard InChI is InChI=1S/C12H17N5/c1-2-9-3-5-10(6-4-9)7-11(16-13)12-14-8-15-17-12/h3-6,8,11,16H,2,7,13H2,1H3,(H,14,15,17). The fraction of sp³-hybridized carbons (Fsp3) is 0.333. The van der Waals surface area contributed by atoms with Crippen molar-refractivity contribution in [2.75, 3.05) is 0 Å². The maximum absolute atomic E-state index is 5.53. The minimum absolute atomic E-state index is 0.0371. The van der Waals surface area contributed by atoms with Crippen LogP contribution in [0.1, 0.15) is 29.9 Å². The van der Waals surface area contributed by atoms with Crippen molar-refractivity contribution in [1.29, 1.82) is 0 Å². The molecule has 1 unspecified atom stereocenters. The van der Waals surface area contributed by atoms with Crippen LogP contribution < -0.4 is 11.3 Å². The van der Waals surface area contributed by atoms with Crippen molar-refractivity contribution in [1.82, 2.24) is 20.6 Å². The molecule has 2 aromatic rings. The van der Waals surface area contributed by atoms with E-state index in [0.29, 0.717) is 0 Å². The third kappa shape index (κ3) is 2.89. The highest BCUT2D eigenvalue weighted by molar-refractivity contribution is 5.23. The second kappa shape index (κ2) is 5.56. The average Bonchev–Trinajstić information content (AvgIpc) is 2.90. The zero-order valence-corrected chi connectivity index (χ0v) is 9.85. The van der Waals surface area contributed by atoms with Gasteiger partial charge in [0.1, 0.15) is 12.2 Å². The molecule has 0 bridgehead atoms. The number of hydrogen-bond donors (Lipinski definition) is 3. The number of aryl methyl sites for hydroxylation is 1. The molecule has 4 N–H and O–H groups in total. The summed E-state index contributed by atoms with van der Waals surface area (Å²) in [6.07, 6.45) is 3.33. The Kier molecular flexibility index (Phi) is 3.85. The molecule has 0 radical (unpaired) electrons. The first kappa shape index (κ1) is 11.8. The molecular weight excluding hydrogens is 214 g/mol. The summed E-state index contributed by atoms with van der Waals surface area (Å²) in [5.41, 5.74) is 5.31. The van der Waals surface area contributed by atoms with E-state index in [4.69, 9.17) is 5.84 Å². The number of rotatable bonds is 5. The van der Waals surface area contributed by atoms with Gasteiger partial charge in [0, 0.05) is 0 Å². The van der Waals surface area contributed by atoms with Crippen LogP contribution in [0, 0.1) is 0 Å². The number of aromatic amines is 1. The molecule has 17 heavy (non-hydrogen) atoms. The van der Waals surface area contributed by atoms with E-state index in [-0.39, 0.29) is 6.04 Å². The lowest BCUT2D eigenvalue weighted by Gasteiger charge is -2.13. The Morgan fingerprint density at radius 2 is 2.00 bits per heavy atom. The van der Waals surface area contributed by atoms with Crippen LogP contribution in [0.2, 0.25) is 0 Å². The number of nitrogens with one attached hydrogen (secondary N) is 2. The maximum atomic E-state index is 5.53. The SMILES string of the molecule is CCc1ccc(CC(NN)c2ncn[nH]2)cc1. The molecule has 1 aromatic heterocycles. The largest absolute Gasteiger partial charge is 0.271 e. The smallest absolute Gasteiger partial charge is 0.143 e. The first-order valence-corrected chi connectivity index (χ1v) is 5.72. The molecule has 0 fully saturated rings. The number of benzene rings is 1. The van der Waals surface area contributed by atoms with Gasteiger partial charge in [-0.1, -0.05) is 31.2 Å². The average molecular weight is 231 g/mol. The second-order valence-corrected chi connectivity index (χ2v) is 3.96. The summed E-state index contributed by atoms with van der Waals surface area (Å²) in [5.74, 6) is 6.29. The highest BCUT2D eigenvalue weighted by Gasteiger charge is 2.12. The normalized spacial score (nSPS) is 12.6. The molecule has 1 atom stereocenters. The zero-order chi connectivity index (χ0) is 12.1. The molecule has 0 spiro atoms. The highest BCUT2D eigenvalue weighted by Crippen LogP contribution is 2.14. The van der Waals surface area contributed by atoms with E-state index in [1.54, 1.807) is 0 Å². The molecule has 1 heterocycles. The maximum Gasteiger partial charge on any atom is 0.143 e. The predicted octanol–water partition coefficient (Wildman–Crippen LogP) is 1.11. The number of hydrogen-bond acceptors (Lipinski definition) is 4. The van der Waals surface area contributed by atoms with Crippen molar-refractivity contribution in [3.8, 4) is 0 Å². The number of nitrogens with zero attached hydrogens (tertiary/aromatic N) is 2. The van der Waals surface area contributed by atoms with Gasteiger partial charge in [-0.25, -0.2) is 10.4 Å². The number of nitrogens with two attached hydrogens (primary N) is 1. The lowest BCUT2D eigenvalue weighted by molar-refractivity contribution is 0.524. The van der Waals surface area contributed by atoms with Crippen molar-refractivity contribution >= 4 is 0 Å². The summed E-state index contributed by atoms with van der Waals surface area (Å²) < 4.78 is 0. The third-order valence-corrected chi connectivity index (χ3v) is 2.84. The molecule has 2 rings (SSSR count). The number of hydrazine groups is 1. The Bertz CT molecular complexity index is 434. The van der Waals surface area contributed by atoms with Gasteiger partial charge < -0.3 is 0 Å². The number of H-pyrrole nitrogens is 1. The van der Waals surface area contributed by atoms with Crippen LogP contribution in [-0.2, 0) is 12.8 Å². The molecular formula is C12H17N5. The van der Waals surface area contributed by atoms with Crippen LogP contribution in [0.4, 0.5) is 0 Å². The van der Waals surface area contributed by atoms with Crippen LogP contribution in [0.3, 0.4) is 0 Å². The molecule has 0 saturated carbocycles. The fourth-order valence-electron chi connectivity index (χ4n) is 1.76. The molecule has 0 aliphatic carbocycles. The number of aromatic nitrogens is 3. The molecule has 0 aliphatic rings. The topological polar surface area (TPSA) is 79.6 Å². The minimum Gasteiger partial charge on any atom is -0.271 e. The zero-order valence-electron chi connectivity index (χ0n) is 9.85. The van der Waals surface area contributed by atoms with Crippen LogP contribution in [0.5, 0.6) is 0 Å². The van der Waals surface area contributed by atoms with Gasteiger partial charge >= 0.3 is 0 Å². The molecule has 1 aromatic carbocycles. The summed E-state index contributed by atoms with van der Waals surface area (Å²) in [4.78, 5) is 4.11. The van der Waals surface area contributed by atoms with Gasteiger partial charge in [0.2, 0.25) is 0 Å². The fourth-order valence-corrected chi connectivity index (χ4v) is 1.76. The molecule has 5 heteroatoms. The molecule has 0 saturated heterocycles. The molecule has 0 amide bonds. The monoisotopic (exact) mass is 231 g/mol. The van der Waals surface area contributed by atoms with Crippen LogP contribution >= 0.6 is 0 Å². The second-order valence-electron chi connectivity index (χ2n) is 3.96. The first-order valence-electron chi connectivity index (χ1n) is 5.72. The molecule has 5 nitrogen and oxygen atoms in total. The van der Waals surface area contributed by atoms with Gasteiger partial charge in [-0.15, -0.1) is 0 Å². The Morgan fingerprint density at radius 3 is 2.53 bits per heavy atom. The summed E-state index contributed by atoms with van der Waals surface area (Å²) >= 11 is 0. The van der Waals surface area contributed by atoms with Gasteiger partial charge in [0.05, 0.1) is 6.04 Å². The summed E-state index contributed by atoms with van der Waals surface area (Å²) in [7, 11) is 0. The van der Waals surface area contributed by atoms with Gasteiger partial charge in [-0.2, -0.15) is 5.10 Å². The van der Waals surface area contributed by atoms with E-state index in [2.05, 4.69) is 51.8 Å².